The van der Waals surface area contributed by atoms with E-state index in [0.717, 1.165) is 11.1 Å². The molecule has 1 aromatic carbocycles. The molecule has 4 aromatic rings. The average Bonchev–Trinajstić information content (AvgIpc) is 3.26. The Bertz CT molecular complexity index is 1160. The molecule has 3 heterocycles. The summed E-state index contributed by atoms with van der Waals surface area (Å²) in [5.74, 6) is 0.963. The zero-order valence-electron chi connectivity index (χ0n) is 15.7. The topological polar surface area (TPSA) is 73.0 Å². The van der Waals surface area contributed by atoms with Crippen molar-refractivity contribution in [2.75, 3.05) is 5.32 Å². The predicted molar refractivity (Wildman–Crippen MR) is 109 cm³/mol. The smallest absolute Gasteiger partial charge is 0.292 e. The van der Waals surface area contributed by atoms with Gasteiger partial charge in [0.05, 0.1) is 5.69 Å². The van der Waals surface area contributed by atoms with Crippen LogP contribution < -0.4 is 5.32 Å². The Kier molecular flexibility index (Phi) is 4.43. The highest BCUT2D eigenvalue weighted by Gasteiger charge is 2.23. The number of hydrogen-bond donors (Lipinski definition) is 1. The third-order valence-corrected chi connectivity index (χ3v) is 4.52. The third-order valence-electron chi connectivity index (χ3n) is 4.29. The summed E-state index contributed by atoms with van der Waals surface area (Å²) in [5, 5.41) is 8.89. The quantitative estimate of drug-likeness (QED) is 0.517. The van der Waals surface area contributed by atoms with E-state index in [1.165, 1.54) is 0 Å². The van der Waals surface area contributed by atoms with Crippen LogP contribution in [0.15, 0.2) is 59.1 Å². The monoisotopic (exact) mass is 394 g/mol. The normalized spacial score (nSPS) is 11.7. The minimum atomic E-state index is -0.370. The van der Waals surface area contributed by atoms with Gasteiger partial charge in [-0.05, 0) is 36.4 Å². The first-order valence-corrected chi connectivity index (χ1v) is 9.21. The number of nitrogens with one attached hydrogen (secondary N) is 1. The second-order valence-corrected chi connectivity index (χ2v) is 7.95. The van der Waals surface area contributed by atoms with Crippen molar-refractivity contribution in [3.05, 3.63) is 71.2 Å². The summed E-state index contributed by atoms with van der Waals surface area (Å²) in [7, 11) is 0. The van der Waals surface area contributed by atoms with Crippen molar-refractivity contribution in [2.24, 2.45) is 0 Å². The molecule has 142 valence electrons. The average molecular weight is 395 g/mol. The van der Waals surface area contributed by atoms with E-state index in [0.29, 0.717) is 22.2 Å². The zero-order valence-corrected chi connectivity index (χ0v) is 16.5. The molecule has 7 heteroatoms. The number of benzene rings is 1. The third kappa shape index (κ3) is 3.51. The Hall–Kier alpha value is -3.12. The van der Waals surface area contributed by atoms with Crippen LogP contribution in [-0.2, 0) is 5.41 Å². The molecule has 0 saturated carbocycles. The molecule has 0 unspecified atom stereocenters. The Morgan fingerprint density at radius 3 is 2.68 bits per heavy atom. The highest BCUT2D eigenvalue weighted by molar-refractivity contribution is 6.31. The zero-order chi connectivity index (χ0) is 19.9. The molecule has 0 aliphatic heterocycles. The minimum absolute atomic E-state index is 0.185. The first-order chi connectivity index (χ1) is 13.3. The molecule has 1 amide bonds. The van der Waals surface area contributed by atoms with Gasteiger partial charge in [-0.3, -0.25) is 4.79 Å². The van der Waals surface area contributed by atoms with E-state index in [1.807, 2.05) is 24.3 Å². The van der Waals surface area contributed by atoms with Crippen LogP contribution in [0.3, 0.4) is 0 Å². The van der Waals surface area contributed by atoms with Gasteiger partial charge in [-0.1, -0.05) is 38.4 Å². The van der Waals surface area contributed by atoms with Gasteiger partial charge in [-0.15, -0.1) is 0 Å². The van der Waals surface area contributed by atoms with Crippen LogP contribution >= 0.6 is 11.6 Å². The highest BCUT2D eigenvalue weighted by atomic mass is 35.5. The predicted octanol–water partition coefficient (Wildman–Crippen LogP) is 5.22. The largest absolute Gasteiger partial charge is 0.451 e. The van der Waals surface area contributed by atoms with Crippen molar-refractivity contribution in [2.45, 2.75) is 26.2 Å². The molecule has 0 saturated heterocycles. The number of amides is 1. The van der Waals surface area contributed by atoms with Crippen LogP contribution in [0.4, 0.5) is 5.82 Å². The summed E-state index contributed by atoms with van der Waals surface area (Å²) in [6.45, 7) is 6.19. The van der Waals surface area contributed by atoms with Crippen molar-refractivity contribution in [1.82, 2.24) is 14.8 Å². The van der Waals surface area contributed by atoms with Gasteiger partial charge in [-0.25, -0.2) is 4.98 Å². The minimum Gasteiger partial charge on any atom is -0.451 e. The summed E-state index contributed by atoms with van der Waals surface area (Å²) in [6, 6.07) is 14.3. The van der Waals surface area contributed by atoms with Crippen LogP contribution in [0.1, 0.15) is 37.0 Å². The fourth-order valence-corrected chi connectivity index (χ4v) is 2.97. The fraction of sp³-hybridized carbons (Fsp3) is 0.190. The molecule has 0 atom stereocenters. The van der Waals surface area contributed by atoms with Crippen molar-refractivity contribution >= 4 is 34.3 Å². The number of anilines is 1. The van der Waals surface area contributed by atoms with Crippen molar-refractivity contribution in [1.29, 1.82) is 0 Å². The lowest BCUT2D eigenvalue weighted by Crippen LogP contribution is -2.15. The fourth-order valence-electron chi connectivity index (χ4n) is 2.79. The number of carbonyl (C=O) groups is 1. The van der Waals surface area contributed by atoms with Crippen LogP contribution in [0.25, 0.3) is 16.8 Å². The van der Waals surface area contributed by atoms with Crippen LogP contribution in [0, 0.1) is 0 Å². The molecule has 3 aromatic heterocycles. The van der Waals surface area contributed by atoms with Crippen LogP contribution in [0.2, 0.25) is 5.02 Å². The Morgan fingerprint density at radius 1 is 1.14 bits per heavy atom. The highest BCUT2D eigenvalue weighted by Crippen LogP contribution is 2.27. The maximum Gasteiger partial charge on any atom is 0.292 e. The van der Waals surface area contributed by atoms with E-state index in [1.54, 1.807) is 35.1 Å². The molecule has 6 nitrogen and oxygen atoms in total. The Morgan fingerprint density at radius 2 is 1.96 bits per heavy atom. The van der Waals surface area contributed by atoms with Gasteiger partial charge >= 0.3 is 0 Å². The molecule has 28 heavy (non-hydrogen) atoms. The van der Waals surface area contributed by atoms with Gasteiger partial charge in [0.2, 0.25) is 0 Å². The first kappa shape index (κ1) is 18.3. The maximum atomic E-state index is 12.8. The second kappa shape index (κ2) is 6.80. The van der Waals surface area contributed by atoms with Gasteiger partial charge in [-0.2, -0.15) is 9.78 Å². The van der Waals surface area contributed by atoms with Crippen molar-refractivity contribution < 1.29 is 9.21 Å². The summed E-state index contributed by atoms with van der Waals surface area (Å²) >= 11 is 6.01. The van der Waals surface area contributed by atoms with Gasteiger partial charge in [0.25, 0.3) is 5.91 Å². The van der Waals surface area contributed by atoms with E-state index >= 15 is 0 Å². The molecule has 0 fully saturated rings. The molecule has 4 rings (SSSR count). The van der Waals surface area contributed by atoms with E-state index in [9.17, 15) is 4.79 Å². The number of carbonyl (C=O) groups excluding carboxylic acids is 1. The number of rotatable bonds is 3. The van der Waals surface area contributed by atoms with Gasteiger partial charge in [0.15, 0.2) is 11.6 Å². The van der Waals surface area contributed by atoms with E-state index in [-0.39, 0.29) is 17.1 Å². The number of nitrogens with zero attached hydrogens (tertiary/aromatic N) is 3. The molecule has 0 bridgehead atoms. The van der Waals surface area contributed by atoms with Crippen LogP contribution in [-0.4, -0.2) is 20.7 Å². The van der Waals surface area contributed by atoms with E-state index in [4.69, 9.17) is 16.0 Å². The SMILES string of the molecule is CC(C)(C)c1cc(NC(=O)c2cc3cc(Cl)ccc3o2)n(-c2ccccn2)n1. The summed E-state index contributed by atoms with van der Waals surface area (Å²) in [4.78, 5) is 17.2. The molecular formula is C21H19ClN4O2. The summed E-state index contributed by atoms with van der Waals surface area (Å²) in [5.41, 5.74) is 1.25. The first-order valence-electron chi connectivity index (χ1n) is 8.84. The number of halogens is 1. The van der Waals surface area contributed by atoms with E-state index < -0.39 is 0 Å². The van der Waals surface area contributed by atoms with E-state index in [2.05, 4.69) is 36.2 Å². The number of furan rings is 1. The number of hydrogen-bond acceptors (Lipinski definition) is 4. The maximum absolute atomic E-state index is 12.8. The molecule has 0 aliphatic rings. The number of aromatic nitrogens is 3. The summed E-state index contributed by atoms with van der Waals surface area (Å²) in [6.07, 6.45) is 1.68. The number of pyridine rings is 1. The lowest BCUT2D eigenvalue weighted by molar-refractivity contribution is 0.0998. The van der Waals surface area contributed by atoms with Gasteiger partial charge in [0.1, 0.15) is 11.4 Å². The molecular weight excluding hydrogens is 376 g/mol. The van der Waals surface area contributed by atoms with Crippen molar-refractivity contribution in [3.8, 4) is 5.82 Å². The molecule has 1 N–H and O–H groups in total. The second-order valence-electron chi connectivity index (χ2n) is 7.51. The lowest BCUT2D eigenvalue weighted by Gasteiger charge is -2.13. The standard InChI is InChI=1S/C21H19ClN4O2/c1-21(2,3)17-12-19(26(25-17)18-6-4-5-9-23-18)24-20(27)16-11-13-10-14(22)7-8-15(13)28-16/h4-12H,1-3H3,(H,24,27). The number of fused-ring (bicyclic) bond motifs is 1. The summed E-state index contributed by atoms with van der Waals surface area (Å²) < 4.78 is 7.28. The Balaban J connectivity index is 1.71. The Labute approximate surface area is 167 Å². The van der Waals surface area contributed by atoms with Crippen LogP contribution in [0.5, 0.6) is 0 Å². The molecule has 0 radical (unpaired) electrons. The van der Waals surface area contributed by atoms with Gasteiger partial charge in [0, 0.05) is 28.1 Å². The molecule has 0 aliphatic carbocycles. The lowest BCUT2D eigenvalue weighted by atomic mass is 9.92. The molecule has 0 spiro atoms. The van der Waals surface area contributed by atoms with Crippen molar-refractivity contribution in [3.63, 3.8) is 0 Å². The van der Waals surface area contributed by atoms with Gasteiger partial charge < -0.3 is 9.73 Å².